The topological polar surface area (TPSA) is 54.0 Å². The minimum atomic E-state index is -3.06. The third kappa shape index (κ3) is 6.95. The van der Waals surface area contributed by atoms with Crippen molar-refractivity contribution < 1.29 is 22.7 Å². The molecule has 0 aliphatic heterocycles. The Labute approximate surface area is 99.2 Å². The summed E-state index contributed by atoms with van der Waals surface area (Å²) in [7, 11) is -4.24. The van der Waals surface area contributed by atoms with Crippen LogP contribution in [0, 0.1) is 0 Å². The molecule has 5 nitrogen and oxygen atoms in total. The lowest BCUT2D eigenvalue weighted by Gasteiger charge is -2.21. The number of hydrogen-bond donors (Lipinski definition) is 0. The van der Waals surface area contributed by atoms with Crippen LogP contribution in [0.5, 0.6) is 0 Å². The van der Waals surface area contributed by atoms with Gasteiger partial charge in [0.15, 0.2) is 8.38 Å². The van der Waals surface area contributed by atoms with Crippen molar-refractivity contribution in [3.05, 3.63) is 0 Å². The Morgan fingerprint density at radius 1 is 0.875 bits per heavy atom. The zero-order valence-electron chi connectivity index (χ0n) is 10.5. The predicted molar refractivity (Wildman–Crippen MR) is 65.9 cm³/mol. The third-order valence-corrected chi connectivity index (χ3v) is 6.19. The molecule has 0 unspecified atom stereocenters. The molecular weight excluding hydrogens is 250 g/mol. The minimum absolute atomic E-state index is 0.200. The molecule has 0 amide bonds. The summed E-state index contributed by atoms with van der Waals surface area (Å²) in [4.78, 5) is 0. The second-order valence-corrected chi connectivity index (χ2v) is 6.81. The molecule has 0 radical (unpaired) electrons. The van der Waals surface area contributed by atoms with Crippen LogP contribution in [0.25, 0.3) is 0 Å². The molecule has 0 saturated heterocycles. The summed E-state index contributed by atoms with van der Waals surface area (Å²) in [6.45, 7) is 9.11. The second-order valence-electron chi connectivity index (χ2n) is 2.76. The van der Waals surface area contributed by atoms with Crippen molar-refractivity contribution in [3.63, 3.8) is 0 Å². The number of hydrogen-bond acceptors (Lipinski definition) is 5. The van der Waals surface area contributed by atoms with Crippen LogP contribution in [-0.4, -0.2) is 32.3 Å². The van der Waals surface area contributed by atoms with E-state index in [-0.39, 0.29) is 5.90 Å². The largest absolute Gasteiger partial charge is 0.339 e. The van der Waals surface area contributed by atoms with E-state index in [9.17, 15) is 4.57 Å². The fourth-order valence-electron chi connectivity index (χ4n) is 1.06. The summed E-state index contributed by atoms with van der Waals surface area (Å²) in [5.74, 6) is 0.200. The Morgan fingerprint density at radius 2 is 1.31 bits per heavy atom. The van der Waals surface area contributed by atoms with E-state index in [0.717, 1.165) is 0 Å². The van der Waals surface area contributed by atoms with Crippen molar-refractivity contribution in [1.29, 1.82) is 0 Å². The van der Waals surface area contributed by atoms with E-state index >= 15 is 0 Å². The van der Waals surface area contributed by atoms with Crippen molar-refractivity contribution in [2.45, 2.75) is 27.7 Å². The van der Waals surface area contributed by atoms with Gasteiger partial charge in [0.25, 0.3) is 0 Å². The molecule has 0 spiro atoms. The Hall–Kier alpha value is 0.500. The summed E-state index contributed by atoms with van der Waals surface area (Å²) >= 11 is 0. The molecule has 16 heavy (non-hydrogen) atoms. The molecule has 7 heteroatoms. The van der Waals surface area contributed by atoms with E-state index in [1.165, 1.54) is 0 Å². The van der Waals surface area contributed by atoms with Crippen molar-refractivity contribution >= 4 is 16.0 Å². The lowest BCUT2D eigenvalue weighted by molar-refractivity contribution is 0.219. The maximum absolute atomic E-state index is 12.2. The van der Waals surface area contributed by atoms with Gasteiger partial charge in [0.1, 0.15) is 5.90 Å². The second kappa shape index (κ2) is 9.52. The van der Waals surface area contributed by atoms with Crippen LogP contribution in [0.3, 0.4) is 0 Å². The minimum Gasteiger partial charge on any atom is -0.334 e. The maximum atomic E-state index is 12.2. The SMILES string of the molecule is CCOP(CP(=O)(OCC)OCC)OCC. The zero-order valence-corrected chi connectivity index (χ0v) is 12.3. The first-order valence-corrected chi connectivity index (χ1v) is 8.62. The molecule has 0 rings (SSSR count). The summed E-state index contributed by atoms with van der Waals surface area (Å²) in [5.41, 5.74) is 0. The van der Waals surface area contributed by atoms with Crippen LogP contribution in [0.4, 0.5) is 0 Å². The molecule has 0 N–H and O–H groups in total. The Bertz CT molecular complexity index is 196. The first-order chi connectivity index (χ1) is 7.61. The normalized spacial score (nSPS) is 12.3. The Balaban J connectivity index is 4.36. The average Bonchev–Trinajstić information content (AvgIpc) is 2.18. The zero-order chi connectivity index (χ0) is 12.4. The molecule has 0 atom stereocenters. The highest BCUT2D eigenvalue weighted by Gasteiger charge is 2.30. The molecule has 0 bridgehead atoms. The van der Waals surface area contributed by atoms with Gasteiger partial charge in [0.2, 0.25) is 0 Å². The fourth-order valence-corrected chi connectivity index (χ4v) is 5.01. The molecule has 0 aromatic heterocycles. The van der Waals surface area contributed by atoms with Gasteiger partial charge in [0, 0.05) is 0 Å². The fraction of sp³-hybridized carbons (Fsp3) is 1.00. The van der Waals surface area contributed by atoms with Crippen LogP contribution in [0.2, 0.25) is 0 Å². The van der Waals surface area contributed by atoms with Gasteiger partial charge in [-0.3, -0.25) is 4.57 Å². The summed E-state index contributed by atoms with van der Waals surface area (Å²) in [6.07, 6.45) is 0. The van der Waals surface area contributed by atoms with E-state index in [0.29, 0.717) is 26.4 Å². The number of rotatable bonds is 10. The van der Waals surface area contributed by atoms with E-state index in [2.05, 4.69) is 0 Å². The highest BCUT2D eigenvalue weighted by Crippen LogP contribution is 2.59. The van der Waals surface area contributed by atoms with Crippen molar-refractivity contribution in [1.82, 2.24) is 0 Å². The maximum Gasteiger partial charge on any atom is 0.339 e. The first kappa shape index (κ1) is 16.5. The van der Waals surface area contributed by atoms with Gasteiger partial charge < -0.3 is 18.1 Å². The van der Waals surface area contributed by atoms with Gasteiger partial charge >= 0.3 is 7.60 Å². The van der Waals surface area contributed by atoms with Crippen LogP contribution in [0.1, 0.15) is 27.7 Å². The lowest BCUT2D eigenvalue weighted by atomic mass is 10.9. The van der Waals surface area contributed by atoms with E-state index in [4.69, 9.17) is 18.1 Å². The Morgan fingerprint density at radius 3 is 1.62 bits per heavy atom. The molecule has 0 aliphatic rings. The molecule has 0 aromatic carbocycles. The molecule has 0 aromatic rings. The van der Waals surface area contributed by atoms with Gasteiger partial charge in [-0.05, 0) is 27.7 Å². The van der Waals surface area contributed by atoms with Crippen molar-refractivity contribution in [2.24, 2.45) is 0 Å². The van der Waals surface area contributed by atoms with Gasteiger partial charge in [0.05, 0.1) is 26.4 Å². The van der Waals surface area contributed by atoms with Gasteiger partial charge in [-0.15, -0.1) is 0 Å². The van der Waals surface area contributed by atoms with Crippen LogP contribution in [0.15, 0.2) is 0 Å². The molecule has 98 valence electrons. The molecular formula is C9H22O5P2. The highest BCUT2D eigenvalue weighted by atomic mass is 31.2. The third-order valence-electron chi connectivity index (χ3n) is 1.49. The standard InChI is InChI=1S/C9H22O5P2/c1-5-11-15(12-6-2)9-16(10,13-7-3)14-8-4/h5-9H2,1-4H3. The summed E-state index contributed by atoms with van der Waals surface area (Å²) < 4.78 is 33.3. The van der Waals surface area contributed by atoms with Gasteiger partial charge in [-0.2, -0.15) is 0 Å². The molecule has 0 saturated carbocycles. The summed E-state index contributed by atoms with van der Waals surface area (Å²) in [6, 6.07) is 0. The van der Waals surface area contributed by atoms with Crippen LogP contribution in [-0.2, 0) is 22.7 Å². The average molecular weight is 272 g/mol. The molecule has 0 heterocycles. The van der Waals surface area contributed by atoms with Crippen LogP contribution >= 0.6 is 16.0 Å². The lowest BCUT2D eigenvalue weighted by Crippen LogP contribution is -2.02. The van der Waals surface area contributed by atoms with E-state index < -0.39 is 16.0 Å². The monoisotopic (exact) mass is 272 g/mol. The quantitative estimate of drug-likeness (QED) is 0.569. The van der Waals surface area contributed by atoms with Gasteiger partial charge in [-0.25, -0.2) is 0 Å². The van der Waals surface area contributed by atoms with Crippen molar-refractivity contribution in [3.8, 4) is 0 Å². The Kier molecular flexibility index (Phi) is 9.82. The smallest absolute Gasteiger partial charge is 0.334 e. The predicted octanol–water partition coefficient (Wildman–Crippen LogP) is 3.59. The molecule has 0 aliphatic carbocycles. The first-order valence-electron chi connectivity index (χ1n) is 5.53. The van der Waals surface area contributed by atoms with Gasteiger partial charge in [-0.1, -0.05) is 0 Å². The van der Waals surface area contributed by atoms with E-state index in [1.54, 1.807) is 13.8 Å². The molecule has 0 fully saturated rings. The summed E-state index contributed by atoms with van der Waals surface area (Å²) in [5, 5.41) is 0. The van der Waals surface area contributed by atoms with E-state index in [1.807, 2.05) is 13.8 Å². The van der Waals surface area contributed by atoms with Crippen LogP contribution < -0.4 is 0 Å². The van der Waals surface area contributed by atoms with Crippen molar-refractivity contribution in [2.75, 3.05) is 32.3 Å². The highest BCUT2D eigenvalue weighted by molar-refractivity contribution is 7.68.